The lowest BCUT2D eigenvalue weighted by atomic mass is 10.1. The van der Waals surface area contributed by atoms with Gasteiger partial charge in [0.15, 0.2) is 5.25 Å². The van der Waals surface area contributed by atoms with Gasteiger partial charge in [0.25, 0.3) is 0 Å². The van der Waals surface area contributed by atoms with Crippen molar-refractivity contribution in [3.8, 4) is 0 Å². The summed E-state index contributed by atoms with van der Waals surface area (Å²) in [7, 11) is -2.75. The molecule has 0 amide bonds. The number of aliphatic hydroxyl groups excluding tert-OH is 1. The molecule has 6 nitrogen and oxygen atoms in total. The van der Waals surface area contributed by atoms with Gasteiger partial charge in [0.05, 0.1) is 13.2 Å². The Labute approximate surface area is 112 Å². The summed E-state index contributed by atoms with van der Waals surface area (Å²) in [4.78, 5) is 11.2. The quantitative estimate of drug-likeness (QED) is 0.789. The predicted molar refractivity (Wildman–Crippen MR) is 71.1 cm³/mol. The van der Waals surface area contributed by atoms with E-state index in [2.05, 4.69) is 9.46 Å². The molecule has 0 spiro atoms. The van der Waals surface area contributed by atoms with Crippen molar-refractivity contribution in [1.82, 2.24) is 0 Å². The molecule has 0 aliphatic carbocycles. The first-order chi connectivity index (χ1) is 8.77. The number of nitrogens with one attached hydrogen (secondary N) is 1. The van der Waals surface area contributed by atoms with Gasteiger partial charge in [0.2, 0.25) is 10.0 Å². The van der Waals surface area contributed by atoms with Gasteiger partial charge in [-0.25, -0.2) is 8.42 Å². The van der Waals surface area contributed by atoms with Crippen LogP contribution in [0.5, 0.6) is 0 Å². The topological polar surface area (TPSA) is 92.7 Å². The minimum absolute atomic E-state index is 0.286. The van der Waals surface area contributed by atoms with Gasteiger partial charge in [0.1, 0.15) is 0 Å². The first kappa shape index (κ1) is 15.5. The summed E-state index contributed by atoms with van der Waals surface area (Å²) in [6.07, 6.45) is -0.706. The number of carbonyl (C=O) groups excluding carboxylic acids is 1. The fourth-order valence-electron chi connectivity index (χ4n) is 1.41. The molecule has 2 atom stereocenters. The lowest BCUT2D eigenvalue weighted by Gasteiger charge is -2.14. The minimum Gasteiger partial charge on any atom is -0.468 e. The Morgan fingerprint density at radius 3 is 2.53 bits per heavy atom. The van der Waals surface area contributed by atoms with E-state index in [0.29, 0.717) is 5.56 Å². The predicted octanol–water partition coefficient (Wildman–Crippen LogP) is 1.04. The summed E-state index contributed by atoms with van der Waals surface area (Å²) in [5, 5.41) is 8.12. The van der Waals surface area contributed by atoms with Crippen molar-refractivity contribution in [2.45, 2.75) is 25.2 Å². The Bertz CT molecular complexity index is 553. The Kier molecular flexibility index (Phi) is 4.90. The maximum Gasteiger partial charge on any atom is 0.325 e. The van der Waals surface area contributed by atoms with Crippen molar-refractivity contribution >= 4 is 21.7 Å². The lowest BCUT2D eigenvalue weighted by Crippen LogP contribution is -2.33. The summed E-state index contributed by atoms with van der Waals surface area (Å²) < 4.78 is 30.5. The second-order valence-corrected chi connectivity index (χ2v) is 6.12. The van der Waals surface area contributed by atoms with Crippen LogP contribution in [0.25, 0.3) is 0 Å². The van der Waals surface area contributed by atoms with E-state index in [-0.39, 0.29) is 5.69 Å². The summed E-state index contributed by atoms with van der Waals surface area (Å²) >= 11 is 0. The van der Waals surface area contributed by atoms with Gasteiger partial charge in [-0.15, -0.1) is 0 Å². The average molecular weight is 287 g/mol. The maximum atomic E-state index is 11.9. The SMILES string of the molecule is COC(=O)C(C)S(=O)(=O)Nc1cccc(C(C)O)c1. The number of sulfonamides is 1. The van der Waals surface area contributed by atoms with Crippen molar-refractivity contribution in [2.24, 2.45) is 0 Å². The lowest BCUT2D eigenvalue weighted by molar-refractivity contribution is -0.139. The first-order valence-corrected chi connectivity index (χ1v) is 7.20. The molecule has 0 radical (unpaired) electrons. The largest absolute Gasteiger partial charge is 0.468 e. The second-order valence-electron chi connectivity index (χ2n) is 4.11. The highest BCUT2D eigenvalue weighted by Crippen LogP contribution is 2.19. The van der Waals surface area contributed by atoms with E-state index in [9.17, 15) is 18.3 Å². The monoisotopic (exact) mass is 287 g/mol. The van der Waals surface area contributed by atoms with Crippen molar-refractivity contribution in [2.75, 3.05) is 11.8 Å². The molecular formula is C12H17NO5S. The number of benzene rings is 1. The van der Waals surface area contributed by atoms with Crippen molar-refractivity contribution < 1.29 is 23.1 Å². The zero-order chi connectivity index (χ0) is 14.6. The number of aliphatic hydroxyl groups is 1. The van der Waals surface area contributed by atoms with E-state index in [4.69, 9.17) is 0 Å². The maximum absolute atomic E-state index is 11.9. The van der Waals surface area contributed by atoms with Gasteiger partial charge < -0.3 is 9.84 Å². The Balaban J connectivity index is 2.95. The van der Waals surface area contributed by atoms with Crippen LogP contribution in [0, 0.1) is 0 Å². The molecule has 0 saturated heterocycles. The van der Waals surface area contributed by atoms with Crippen LogP contribution in [0.15, 0.2) is 24.3 Å². The van der Waals surface area contributed by atoms with Crippen LogP contribution in [-0.4, -0.2) is 31.9 Å². The van der Waals surface area contributed by atoms with E-state index in [0.717, 1.165) is 7.11 Å². The van der Waals surface area contributed by atoms with Crippen LogP contribution in [0.1, 0.15) is 25.5 Å². The molecule has 0 bridgehead atoms. The smallest absolute Gasteiger partial charge is 0.325 e. The molecule has 2 N–H and O–H groups in total. The van der Waals surface area contributed by atoms with Crippen LogP contribution in [0.2, 0.25) is 0 Å². The summed E-state index contributed by atoms with van der Waals surface area (Å²) in [5.74, 6) is -0.834. The highest BCUT2D eigenvalue weighted by molar-refractivity contribution is 7.94. The zero-order valence-electron chi connectivity index (χ0n) is 11.0. The molecule has 7 heteroatoms. The first-order valence-electron chi connectivity index (χ1n) is 5.65. The number of esters is 1. The third-order valence-corrected chi connectivity index (χ3v) is 4.27. The zero-order valence-corrected chi connectivity index (χ0v) is 11.8. The summed E-state index contributed by atoms with van der Waals surface area (Å²) in [5.41, 5.74) is 0.861. The van der Waals surface area contributed by atoms with E-state index in [1.54, 1.807) is 19.1 Å². The summed E-state index contributed by atoms with van der Waals surface area (Å²) in [6.45, 7) is 2.82. The number of hydrogen-bond donors (Lipinski definition) is 2. The molecule has 0 aromatic heterocycles. The number of hydrogen-bond acceptors (Lipinski definition) is 5. The fraction of sp³-hybridized carbons (Fsp3) is 0.417. The van der Waals surface area contributed by atoms with Crippen LogP contribution < -0.4 is 4.72 Å². The Hall–Kier alpha value is -1.60. The summed E-state index contributed by atoms with van der Waals surface area (Å²) in [6, 6.07) is 6.33. The molecule has 1 rings (SSSR count). The molecule has 0 aliphatic heterocycles. The standard InChI is InChI=1S/C12H17NO5S/c1-8(14)10-5-4-6-11(7-10)13-19(16,17)9(2)12(15)18-3/h4-9,13-14H,1-3H3. The van der Waals surface area contributed by atoms with Gasteiger partial charge in [-0.1, -0.05) is 12.1 Å². The average Bonchev–Trinajstić information content (AvgIpc) is 2.36. The van der Waals surface area contributed by atoms with Gasteiger partial charge in [-0.3, -0.25) is 9.52 Å². The van der Waals surface area contributed by atoms with Crippen molar-refractivity contribution in [3.05, 3.63) is 29.8 Å². The normalized spacial score (nSPS) is 14.5. The molecule has 0 aliphatic rings. The van der Waals surface area contributed by atoms with Crippen molar-refractivity contribution in [3.63, 3.8) is 0 Å². The van der Waals surface area contributed by atoms with Crippen LogP contribution in [-0.2, 0) is 19.6 Å². The third kappa shape index (κ3) is 3.93. The van der Waals surface area contributed by atoms with Gasteiger partial charge in [-0.05, 0) is 31.5 Å². The molecule has 1 aromatic carbocycles. The van der Waals surface area contributed by atoms with Gasteiger partial charge in [-0.2, -0.15) is 0 Å². The molecule has 19 heavy (non-hydrogen) atoms. The van der Waals surface area contributed by atoms with Gasteiger partial charge in [0, 0.05) is 5.69 Å². The van der Waals surface area contributed by atoms with E-state index in [1.165, 1.54) is 19.1 Å². The number of methoxy groups -OCH3 is 1. The van der Waals surface area contributed by atoms with E-state index >= 15 is 0 Å². The molecule has 0 saturated carbocycles. The number of ether oxygens (including phenoxy) is 1. The fourth-order valence-corrected chi connectivity index (χ4v) is 2.39. The molecule has 0 fully saturated rings. The molecule has 1 aromatic rings. The molecular weight excluding hydrogens is 270 g/mol. The van der Waals surface area contributed by atoms with E-state index in [1.807, 2.05) is 0 Å². The van der Waals surface area contributed by atoms with E-state index < -0.39 is 27.3 Å². The van der Waals surface area contributed by atoms with Crippen molar-refractivity contribution in [1.29, 1.82) is 0 Å². The highest BCUT2D eigenvalue weighted by Gasteiger charge is 2.28. The third-order valence-electron chi connectivity index (χ3n) is 2.63. The molecule has 106 valence electrons. The second kappa shape index (κ2) is 6.03. The number of rotatable bonds is 5. The highest BCUT2D eigenvalue weighted by atomic mass is 32.2. The van der Waals surface area contributed by atoms with Gasteiger partial charge >= 0.3 is 5.97 Å². The molecule has 2 unspecified atom stereocenters. The van der Waals surface area contributed by atoms with Crippen LogP contribution >= 0.6 is 0 Å². The number of carbonyl (C=O) groups is 1. The van der Waals surface area contributed by atoms with Crippen LogP contribution in [0.4, 0.5) is 5.69 Å². The Morgan fingerprint density at radius 2 is 2.00 bits per heavy atom. The number of anilines is 1. The van der Waals surface area contributed by atoms with Crippen LogP contribution in [0.3, 0.4) is 0 Å². The minimum atomic E-state index is -3.87. The Morgan fingerprint density at radius 1 is 1.37 bits per heavy atom. The molecule has 0 heterocycles.